The van der Waals surface area contributed by atoms with Crippen molar-refractivity contribution in [2.24, 2.45) is 5.92 Å². The normalized spacial score (nSPS) is 32.7. The minimum absolute atomic E-state index is 0.0537. The monoisotopic (exact) mass is 359 g/mol. The van der Waals surface area contributed by atoms with Gasteiger partial charge < -0.3 is 9.32 Å². The molecule has 2 aromatic rings. The van der Waals surface area contributed by atoms with Crippen LogP contribution >= 0.6 is 0 Å². The largest absolute Gasteiger partial charge is 0.451 e. The molecule has 1 aromatic heterocycles. The van der Waals surface area contributed by atoms with Gasteiger partial charge in [0.05, 0.1) is 6.04 Å². The summed E-state index contributed by atoms with van der Waals surface area (Å²) in [5.41, 5.74) is 0.909. The zero-order chi connectivity index (χ0) is 17.8. The molecule has 6 rings (SSSR count). The number of piperidine rings is 3. The van der Waals surface area contributed by atoms with Crippen LogP contribution in [0.3, 0.4) is 0 Å². The van der Waals surface area contributed by atoms with Gasteiger partial charge in [0, 0.05) is 24.6 Å². The maximum atomic E-state index is 13.8. The number of hydrogen-bond acceptors (Lipinski definition) is 4. The van der Waals surface area contributed by atoms with E-state index in [-0.39, 0.29) is 29.6 Å². The van der Waals surface area contributed by atoms with E-state index < -0.39 is 11.6 Å². The summed E-state index contributed by atoms with van der Waals surface area (Å²) in [5, 5.41) is 0. The predicted octanol–water partition coefficient (Wildman–Crippen LogP) is 2.66. The fourth-order valence-corrected chi connectivity index (χ4v) is 5.20. The average molecular weight is 359 g/mol. The van der Waals surface area contributed by atoms with E-state index in [4.69, 9.17) is 4.42 Å². The Morgan fingerprint density at radius 2 is 1.85 bits per heavy atom. The maximum absolute atomic E-state index is 13.8. The minimum atomic E-state index is -0.575. The summed E-state index contributed by atoms with van der Waals surface area (Å²) < 4.78 is 32.6. The summed E-state index contributed by atoms with van der Waals surface area (Å²) >= 11 is 0. The lowest BCUT2D eigenvalue weighted by molar-refractivity contribution is -0.00361. The quantitative estimate of drug-likeness (QED) is 0.827. The smallest absolute Gasteiger partial charge is 0.276 e. The molecule has 2 bridgehead atoms. The fourth-order valence-electron chi connectivity index (χ4n) is 5.20. The van der Waals surface area contributed by atoms with Crippen LogP contribution < -0.4 is 0 Å². The summed E-state index contributed by atoms with van der Waals surface area (Å²) in [6, 6.07) is 3.84. The zero-order valence-electron chi connectivity index (χ0n) is 14.1. The van der Waals surface area contributed by atoms with E-state index in [1.807, 2.05) is 4.90 Å². The molecule has 0 saturated carbocycles. The van der Waals surface area contributed by atoms with Crippen molar-refractivity contribution >= 4 is 5.91 Å². The lowest BCUT2D eigenvalue weighted by Gasteiger charge is -2.51. The number of rotatable bonds is 2. The Morgan fingerprint density at radius 1 is 1.12 bits per heavy atom. The van der Waals surface area contributed by atoms with E-state index >= 15 is 0 Å². The predicted molar refractivity (Wildman–Crippen MR) is 88.5 cm³/mol. The molecule has 4 fully saturated rings. The van der Waals surface area contributed by atoms with Gasteiger partial charge in [-0.05, 0) is 49.5 Å². The molecule has 0 aliphatic carbocycles. The van der Waals surface area contributed by atoms with Crippen LogP contribution in [0.15, 0.2) is 35.3 Å². The van der Waals surface area contributed by atoms with E-state index in [1.165, 1.54) is 24.8 Å². The number of fused-ring (bicyclic) bond motifs is 2. The highest BCUT2D eigenvalue weighted by atomic mass is 19.1. The Bertz CT molecular complexity index is 813. The highest BCUT2D eigenvalue weighted by molar-refractivity contribution is 5.92. The second-order valence-electron chi connectivity index (χ2n) is 7.50. The molecule has 5 heterocycles. The first-order valence-electron chi connectivity index (χ1n) is 9.01. The van der Waals surface area contributed by atoms with Crippen LogP contribution in [0.4, 0.5) is 8.78 Å². The molecule has 5 nitrogen and oxygen atoms in total. The number of amides is 1. The highest BCUT2D eigenvalue weighted by Crippen LogP contribution is 2.47. The van der Waals surface area contributed by atoms with Crippen molar-refractivity contribution in [2.45, 2.75) is 30.8 Å². The van der Waals surface area contributed by atoms with Crippen molar-refractivity contribution in [3.05, 3.63) is 53.7 Å². The van der Waals surface area contributed by atoms with Crippen molar-refractivity contribution in [1.29, 1.82) is 0 Å². The summed E-state index contributed by atoms with van der Waals surface area (Å²) in [4.78, 5) is 21.2. The third-order valence-corrected chi connectivity index (χ3v) is 6.22. The maximum Gasteiger partial charge on any atom is 0.276 e. The minimum Gasteiger partial charge on any atom is -0.451 e. The third-order valence-electron chi connectivity index (χ3n) is 6.22. The van der Waals surface area contributed by atoms with Crippen molar-refractivity contribution < 1.29 is 18.0 Å². The average Bonchev–Trinajstić information content (AvgIpc) is 3.30. The number of nitrogens with zero attached hydrogens (tertiary/aromatic N) is 3. The number of likely N-dealkylation sites (tertiary alicyclic amines) is 1. The van der Waals surface area contributed by atoms with Crippen LogP contribution in [0.25, 0.3) is 0 Å². The topological polar surface area (TPSA) is 49.6 Å². The molecule has 0 N–H and O–H groups in total. The van der Waals surface area contributed by atoms with Crippen molar-refractivity contribution in [3.8, 4) is 0 Å². The number of aromatic nitrogens is 1. The second-order valence-corrected chi connectivity index (χ2v) is 7.50. The number of hydrogen-bond donors (Lipinski definition) is 0. The number of oxazole rings is 1. The Morgan fingerprint density at radius 3 is 2.50 bits per heavy atom. The summed E-state index contributed by atoms with van der Waals surface area (Å²) in [6.45, 7) is 2.40. The molecule has 26 heavy (non-hydrogen) atoms. The van der Waals surface area contributed by atoms with Crippen LogP contribution in [-0.4, -0.2) is 52.4 Å². The van der Waals surface area contributed by atoms with Gasteiger partial charge in [-0.3, -0.25) is 9.69 Å². The summed E-state index contributed by atoms with van der Waals surface area (Å²) in [7, 11) is 0. The van der Waals surface area contributed by atoms with Gasteiger partial charge in [0.25, 0.3) is 5.91 Å². The standard InChI is InChI=1S/C19H19F2N3O2/c20-13-5-12(6-14(21)7-13)15-8-24(19(25)16-9-26-10-22-16)17-11-1-3-23(4-2-11)18(15)17/h5-7,9-11,15,17-18H,1-4,8H2/t15-,17-,18-/m1/s1. The Labute approximate surface area is 149 Å². The van der Waals surface area contributed by atoms with Gasteiger partial charge in [0.1, 0.15) is 17.9 Å². The molecule has 136 valence electrons. The van der Waals surface area contributed by atoms with Gasteiger partial charge in [-0.25, -0.2) is 13.8 Å². The van der Waals surface area contributed by atoms with Gasteiger partial charge in [-0.2, -0.15) is 0 Å². The molecule has 4 aliphatic rings. The molecular formula is C19H19F2N3O2. The number of carbonyl (C=O) groups is 1. The zero-order valence-corrected chi connectivity index (χ0v) is 14.1. The number of benzene rings is 1. The Balaban J connectivity index is 1.55. The lowest BCUT2D eigenvalue weighted by Crippen LogP contribution is -2.60. The van der Waals surface area contributed by atoms with Gasteiger partial charge in [-0.15, -0.1) is 0 Å². The highest BCUT2D eigenvalue weighted by Gasteiger charge is 2.55. The van der Waals surface area contributed by atoms with E-state index in [9.17, 15) is 13.6 Å². The number of halogens is 2. The van der Waals surface area contributed by atoms with Gasteiger partial charge in [0.15, 0.2) is 12.1 Å². The van der Waals surface area contributed by atoms with Crippen molar-refractivity contribution in [2.75, 3.05) is 19.6 Å². The van der Waals surface area contributed by atoms with Crippen LogP contribution in [0.2, 0.25) is 0 Å². The Kier molecular flexibility index (Phi) is 3.60. The molecule has 0 spiro atoms. The molecule has 4 saturated heterocycles. The van der Waals surface area contributed by atoms with E-state index in [2.05, 4.69) is 9.88 Å². The molecule has 1 amide bonds. The van der Waals surface area contributed by atoms with E-state index in [0.717, 1.165) is 32.0 Å². The molecule has 3 atom stereocenters. The van der Waals surface area contributed by atoms with Gasteiger partial charge in [-0.1, -0.05) is 0 Å². The second kappa shape index (κ2) is 5.87. The van der Waals surface area contributed by atoms with Gasteiger partial charge >= 0.3 is 0 Å². The van der Waals surface area contributed by atoms with Crippen LogP contribution in [0, 0.1) is 17.6 Å². The molecular weight excluding hydrogens is 340 g/mol. The third kappa shape index (κ3) is 2.37. The first-order chi connectivity index (χ1) is 12.6. The van der Waals surface area contributed by atoms with Crippen LogP contribution in [0.1, 0.15) is 34.8 Å². The van der Waals surface area contributed by atoms with E-state index in [1.54, 1.807) is 0 Å². The number of carbonyl (C=O) groups excluding carboxylic acids is 1. The van der Waals surface area contributed by atoms with E-state index in [0.29, 0.717) is 18.0 Å². The summed E-state index contributed by atoms with van der Waals surface area (Å²) in [5.74, 6) is -1.00. The first kappa shape index (κ1) is 15.9. The molecule has 7 heteroatoms. The summed E-state index contributed by atoms with van der Waals surface area (Å²) in [6.07, 6.45) is 4.70. The van der Waals surface area contributed by atoms with Crippen LogP contribution in [0.5, 0.6) is 0 Å². The first-order valence-corrected chi connectivity index (χ1v) is 9.01. The van der Waals surface area contributed by atoms with Gasteiger partial charge in [0.2, 0.25) is 0 Å². The molecule has 4 aliphatic heterocycles. The van der Waals surface area contributed by atoms with Crippen molar-refractivity contribution in [1.82, 2.24) is 14.8 Å². The Hall–Kier alpha value is -2.28. The van der Waals surface area contributed by atoms with Crippen LogP contribution in [-0.2, 0) is 0 Å². The molecule has 0 unspecified atom stereocenters. The molecule has 1 aromatic carbocycles. The fraction of sp³-hybridized carbons (Fsp3) is 0.474. The lowest BCUT2D eigenvalue weighted by atomic mass is 9.75. The van der Waals surface area contributed by atoms with Crippen molar-refractivity contribution in [3.63, 3.8) is 0 Å². The molecule has 0 radical (unpaired) electrons. The SMILES string of the molecule is O=C(c1cocn1)N1C[C@H](c2cc(F)cc(F)c2)[C@@H]2[C@H]1C1CCN2CC1.